The molecule has 168 valence electrons. The summed E-state index contributed by atoms with van der Waals surface area (Å²) in [4.78, 5) is 4.49. The minimum Gasteiger partial charge on any atom is -0.463 e. The van der Waals surface area contributed by atoms with Crippen molar-refractivity contribution >= 4 is 29.9 Å². The zero-order valence-corrected chi connectivity index (χ0v) is 20.3. The van der Waals surface area contributed by atoms with Crippen LogP contribution in [-0.2, 0) is 12.0 Å². The molecule has 0 amide bonds. The van der Waals surface area contributed by atoms with Crippen LogP contribution in [0.2, 0.25) is 0 Å². The van der Waals surface area contributed by atoms with Crippen molar-refractivity contribution < 1.29 is 13.9 Å². The lowest BCUT2D eigenvalue weighted by Crippen LogP contribution is -2.39. The highest BCUT2D eigenvalue weighted by atomic mass is 127. The molecule has 31 heavy (non-hydrogen) atoms. The fourth-order valence-corrected chi connectivity index (χ4v) is 2.92. The molecule has 0 fully saturated rings. The van der Waals surface area contributed by atoms with E-state index in [-0.39, 0.29) is 36.3 Å². The number of aromatic nitrogens is 2. The summed E-state index contributed by atoms with van der Waals surface area (Å²) < 4.78 is 20.3. The van der Waals surface area contributed by atoms with Crippen molar-refractivity contribution in [3.63, 3.8) is 0 Å². The summed E-state index contributed by atoms with van der Waals surface area (Å²) in [6.07, 6.45) is 2.54. The number of hydrogen-bond acceptors (Lipinski definition) is 4. The molecule has 7 nitrogen and oxygen atoms in total. The van der Waals surface area contributed by atoms with Gasteiger partial charge in [-0.05, 0) is 63.2 Å². The topological polar surface area (TPSA) is 87.6 Å². The van der Waals surface area contributed by atoms with Gasteiger partial charge in [0.05, 0.1) is 17.9 Å². The molecule has 2 heterocycles. The summed E-state index contributed by atoms with van der Waals surface area (Å²) in [5, 5.41) is 21.6. The number of nitrogens with one attached hydrogen (secondary N) is 2. The van der Waals surface area contributed by atoms with Crippen LogP contribution >= 0.6 is 24.0 Å². The Morgan fingerprint density at radius 3 is 2.58 bits per heavy atom. The maximum atomic E-state index is 13.1. The van der Waals surface area contributed by atoms with Crippen LogP contribution < -0.4 is 10.6 Å². The van der Waals surface area contributed by atoms with Gasteiger partial charge in [-0.1, -0.05) is 0 Å². The Balaban J connectivity index is 0.00000341. The van der Waals surface area contributed by atoms with E-state index in [4.69, 9.17) is 4.42 Å². The van der Waals surface area contributed by atoms with Gasteiger partial charge in [-0.25, -0.2) is 14.1 Å². The van der Waals surface area contributed by atoms with Crippen LogP contribution in [0.25, 0.3) is 5.69 Å². The van der Waals surface area contributed by atoms with E-state index in [1.807, 2.05) is 32.2 Å². The van der Waals surface area contributed by atoms with Crippen molar-refractivity contribution in [2.45, 2.75) is 32.8 Å². The van der Waals surface area contributed by atoms with Gasteiger partial charge in [0.15, 0.2) is 5.96 Å². The van der Waals surface area contributed by atoms with Gasteiger partial charge in [-0.3, -0.25) is 0 Å². The molecule has 1 aromatic carbocycles. The number of guanidine groups is 1. The molecule has 0 spiro atoms. The second-order valence-electron chi connectivity index (χ2n) is 7.28. The minimum absolute atomic E-state index is 0. The van der Waals surface area contributed by atoms with Crippen LogP contribution in [0.3, 0.4) is 0 Å². The Labute approximate surface area is 198 Å². The first-order valence-corrected chi connectivity index (χ1v) is 9.99. The average Bonchev–Trinajstić information content (AvgIpc) is 3.36. The molecule has 0 saturated heterocycles. The standard InChI is InChI=1S/C22H28FN5O2.HI/c1-4-24-21(26-15-22(3,29)20-10-5-16(2)30-20)25-13-11-18-12-14-28(27-18)19-8-6-17(23)7-9-19;/h5-10,12,14,29H,4,11,13,15H2,1-3H3,(H2,24,25,26);1H. The summed E-state index contributed by atoms with van der Waals surface area (Å²) in [5.41, 5.74) is 0.520. The Morgan fingerprint density at radius 2 is 1.94 bits per heavy atom. The molecule has 1 unspecified atom stereocenters. The van der Waals surface area contributed by atoms with E-state index in [1.54, 1.807) is 29.8 Å². The van der Waals surface area contributed by atoms with E-state index >= 15 is 0 Å². The highest BCUT2D eigenvalue weighted by molar-refractivity contribution is 14.0. The summed E-state index contributed by atoms with van der Waals surface area (Å²) >= 11 is 0. The van der Waals surface area contributed by atoms with Crippen molar-refractivity contribution in [2.75, 3.05) is 19.6 Å². The van der Waals surface area contributed by atoms with Crippen LogP contribution in [0.4, 0.5) is 4.39 Å². The summed E-state index contributed by atoms with van der Waals surface area (Å²) in [6, 6.07) is 11.7. The van der Waals surface area contributed by atoms with E-state index in [2.05, 4.69) is 20.7 Å². The van der Waals surface area contributed by atoms with Gasteiger partial charge in [-0.15, -0.1) is 24.0 Å². The molecule has 1 atom stereocenters. The molecule has 0 aliphatic carbocycles. The first-order valence-electron chi connectivity index (χ1n) is 9.99. The minimum atomic E-state index is -1.19. The van der Waals surface area contributed by atoms with Crippen molar-refractivity contribution in [1.29, 1.82) is 0 Å². The Morgan fingerprint density at radius 1 is 1.19 bits per heavy atom. The maximum Gasteiger partial charge on any atom is 0.191 e. The van der Waals surface area contributed by atoms with Gasteiger partial charge in [0.2, 0.25) is 0 Å². The molecule has 3 aromatic rings. The number of benzene rings is 1. The lowest BCUT2D eigenvalue weighted by molar-refractivity contribution is 0.0428. The number of furan rings is 1. The van der Waals surface area contributed by atoms with Crippen molar-refractivity contribution in [3.05, 3.63) is 71.7 Å². The predicted molar refractivity (Wildman–Crippen MR) is 130 cm³/mol. The van der Waals surface area contributed by atoms with Crippen LogP contribution in [0.15, 0.2) is 58.1 Å². The zero-order chi connectivity index (χ0) is 21.6. The molecule has 9 heteroatoms. The highest BCUT2D eigenvalue weighted by Gasteiger charge is 2.26. The van der Waals surface area contributed by atoms with Crippen molar-refractivity contribution in [3.8, 4) is 5.69 Å². The van der Waals surface area contributed by atoms with Gasteiger partial charge in [0, 0.05) is 25.7 Å². The second kappa shape index (κ2) is 11.3. The van der Waals surface area contributed by atoms with Gasteiger partial charge < -0.3 is 20.2 Å². The number of hydrogen-bond donors (Lipinski definition) is 3. The molecule has 0 aliphatic heterocycles. The van der Waals surface area contributed by atoms with E-state index in [9.17, 15) is 9.50 Å². The summed E-state index contributed by atoms with van der Waals surface area (Å²) in [7, 11) is 0. The van der Waals surface area contributed by atoms with Crippen molar-refractivity contribution in [2.24, 2.45) is 4.99 Å². The SMILES string of the molecule is CCNC(=NCC(C)(O)c1ccc(C)o1)NCCc1ccn(-c2ccc(F)cc2)n1.I. The first kappa shape index (κ1) is 24.9. The molecule has 0 bridgehead atoms. The molecular formula is C22H29FIN5O2. The van der Waals surface area contributed by atoms with E-state index in [0.717, 1.165) is 17.1 Å². The van der Waals surface area contributed by atoms with Gasteiger partial charge in [0.1, 0.15) is 22.9 Å². The smallest absolute Gasteiger partial charge is 0.191 e. The normalized spacial score (nSPS) is 13.4. The van der Waals surface area contributed by atoms with E-state index in [0.29, 0.717) is 31.2 Å². The molecular weight excluding hydrogens is 512 g/mol. The number of rotatable bonds is 8. The number of aryl methyl sites for hydroxylation is 1. The number of nitrogens with zero attached hydrogens (tertiary/aromatic N) is 3. The van der Waals surface area contributed by atoms with E-state index in [1.165, 1.54) is 12.1 Å². The lowest BCUT2D eigenvalue weighted by Gasteiger charge is -2.19. The van der Waals surface area contributed by atoms with Crippen LogP contribution in [-0.4, -0.2) is 40.5 Å². The number of halogens is 2. The second-order valence-corrected chi connectivity index (χ2v) is 7.28. The average molecular weight is 541 g/mol. The number of aliphatic hydroxyl groups is 1. The third-order valence-electron chi connectivity index (χ3n) is 4.57. The Bertz CT molecular complexity index is 982. The maximum absolute atomic E-state index is 13.1. The fraction of sp³-hybridized carbons (Fsp3) is 0.364. The van der Waals surface area contributed by atoms with Crippen LogP contribution in [0.5, 0.6) is 0 Å². The van der Waals surface area contributed by atoms with Crippen molar-refractivity contribution in [1.82, 2.24) is 20.4 Å². The predicted octanol–water partition coefficient (Wildman–Crippen LogP) is 3.54. The molecule has 3 rings (SSSR count). The monoisotopic (exact) mass is 541 g/mol. The largest absolute Gasteiger partial charge is 0.463 e. The summed E-state index contributed by atoms with van der Waals surface area (Å²) in [5.74, 6) is 1.58. The fourth-order valence-electron chi connectivity index (χ4n) is 2.92. The van der Waals surface area contributed by atoms with Crippen LogP contribution in [0.1, 0.15) is 31.1 Å². The van der Waals surface area contributed by atoms with Gasteiger partial charge >= 0.3 is 0 Å². The molecule has 2 aromatic heterocycles. The number of aliphatic imine (C=N–C) groups is 1. The van der Waals surface area contributed by atoms with Gasteiger partial charge in [0.25, 0.3) is 0 Å². The summed E-state index contributed by atoms with van der Waals surface area (Å²) in [6.45, 7) is 6.98. The molecule has 3 N–H and O–H groups in total. The van der Waals surface area contributed by atoms with E-state index < -0.39 is 5.60 Å². The highest BCUT2D eigenvalue weighted by Crippen LogP contribution is 2.23. The Kier molecular flexibility index (Phi) is 9.05. The molecule has 0 aliphatic rings. The van der Waals surface area contributed by atoms with Gasteiger partial charge in [-0.2, -0.15) is 5.10 Å². The molecule has 0 radical (unpaired) electrons. The third kappa shape index (κ3) is 7.06. The first-order chi connectivity index (χ1) is 14.4. The van der Waals surface area contributed by atoms with Crippen LogP contribution in [0, 0.1) is 12.7 Å². The third-order valence-corrected chi connectivity index (χ3v) is 4.57. The Hall–Kier alpha value is -2.40. The zero-order valence-electron chi connectivity index (χ0n) is 17.9. The lowest BCUT2D eigenvalue weighted by atomic mass is 10.0. The quantitative estimate of drug-likeness (QED) is 0.231. The molecule has 0 saturated carbocycles.